The monoisotopic (exact) mass is 197 g/mol. The molecule has 10 heavy (non-hydrogen) atoms. The van der Waals surface area contributed by atoms with Crippen LogP contribution < -0.4 is 34.7 Å². The molecule has 0 fully saturated rings. The molecule has 0 aromatic heterocycles. The maximum absolute atomic E-state index is 9.85. The number of nitrogens with two attached hydrogens (primary N) is 1. The molecule has 6 nitrogen and oxygen atoms in total. The average molecular weight is 197 g/mol. The van der Waals surface area contributed by atoms with Gasteiger partial charge in [-0.15, -0.1) is 0 Å². The van der Waals surface area contributed by atoms with Crippen molar-refractivity contribution < 1.29 is 50.9 Å². The largest absolute Gasteiger partial charge is 1.00 e. The zero-order chi connectivity index (χ0) is 7.71. The Morgan fingerprint density at radius 1 is 1.20 bits per heavy atom. The normalized spacial score (nSPS) is 12.2. The van der Waals surface area contributed by atoms with Gasteiger partial charge >= 0.3 is 29.6 Å². The standard InChI is InChI=1S/CH5NO5S2.Na/c2-8(3,4)1-9(5,6)7;/h1H2,(H2,2,3,4)(H,5,6,7);/q;+1/p-1. The van der Waals surface area contributed by atoms with Crippen LogP contribution in [0.1, 0.15) is 0 Å². The molecule has 0 radical (unpaired) electrons. The van der Waals surface area contributed by atoms with E-state index in [1.54, 1.807) is 0 Å². The Bertz CT molecular complexity index is 245. The molecule has 0 aromatic rings. The summed E-state index contributed by atoms with van der Waals surface area (Å²) in [6, 6.07) is 0. The molecule has 0 aliphatic rings. The van der Waals surface area contributed by atoms with Crippen LogP contribution in [0, 0.1) is 0 Å². The molecule has 0 saturated heterocycles. The molecule has 0 rings (SSSR count). The summed E-state index contributed by atoms with van der Waals surface area (Å²) in [6.45, 7) is 0. The summed E-state index contributed by atoms with van der Waals surface area (Å²) in [7, 11) is -8.93. The Balaban J connectivity index is 0. The number of hydrogen-bond donors (Lipinski definition) is 1. The molecule has 2 N–H and O–H groups in total. The molecule has 0 heterocycles. The van der Waals surface area contributed by atoms with Crippen LogP contribution in [0.5, 0.6) is 0 Å². The van der Waals surface area contributed by atoms with Crippen molar-refractivity contribution >= 4 is 20.1 Å². The molecule has 0 aliphatic carbocycles. The quantitative estimate of drug-likeness (QED) is 0.350. The number of hydrogen-bond acceptors (Lipinski definition) is 5. The predicted octanol–water partition coefficient (Wildman–Crippen LogP) is -5.22. The average Bonchev–Trinajstić information content (AvgIpc) is 1.14. The molecule has 56 valence electrons. The van der Waals surface area contributed by atoms with Crippen molar-refractivity contribution in [2.75, 3.05) is 5.08 Å². The maximum atomic E-state index is 9.85. The van der Waals surface area contributed by atoms with Crippen molar-refractivity contribution in [3.63, 3.8) is 0 Å². The van der Waals surface area contributed by atoms with Crippen molar-refractivity contribution in [3.8, 4) is 0 Å². The van der Waals surface area contributed by atoms with Crippen LogP contribution in [0.2, 0.25) is 0 Å². The molecule has 0 atom stereocenters. The summed E-state index contributed by atoms with van der Waals surface area (Å²) >= 11 is 0. The first-order valence-corrected chi connectivity index (χ1v) is 4.94. The minimum atomic E-state index is -4.74. The van der Waals surface area contributed by atoms with E-state index in [-0.39, 0.29) is 29.6 Å². The van der Waals surface area contributed by atoms with Gasteiger partial charge in [-0.3, -0.25) is 0 Å². The fraction of sp³-hybridized carbons (Fsp3) is 1.00. The van der Waals surface area contributed by atoms with E-state index in [0.717, 1.165) is 0 Å². The van der Waals surface area contributed by atoms with E-state index in [0.29, 0.717) is 0 Å². The van der Waals surface area contributed by atoms with Crippen LogP contribution >= 0.6 is 0 Å². The van der Waals surface area contributed by atoms with Crippen LogP contribution in [-0.2, 0) is 20.1 Å². The van der Waals surface area contributed by atoms with Crippen molar-refractivity contribution in [1.29, 1.82) is 0 Å². The van der Waals surface area contributed by atoms with Crippen molar-refractivity contribution in [1.82, 2.24) is 0 Å². The van der Waals surface area contributed by atoms with Gasteiger partial charge in [-0.2, -0.15) is 0 Å². The summed E-state index contributed by atoms with van der Waals surface area (Å²) in [4.78, 5) is 0. The zero-order valence-electron chi connectivity index (χ0n) is 5.14. The number of primary sulfonamides is 1. The van der Waals surface area contributed by atoms with Gasteiger partial charge in [-0.1, -0.05) is 0 Å². The Morgan fingerprint density at radius 2 is 1.50 bits per heavy atom. The first kappa shape index (κ1) is 13.4. The molecule has 0 amide bonds. The van der Waals surface area contributed by atoms with Gasteiger partial charge in [0.1, 0.15) is 10.1 Å². The van der Waals surface area contributed by atoms with Crippen LogP contribution in [0.4, 0.5) is 0 Å². The van der Waals surface area contributed by atoms with E-state index >= 15 is 0 Å². The second-order valence-electron chi connectivity index (χ2n) is 1.34. The van der Waals surface area contributed by atoms with Gasteiger partial charge in [0.25, 0.3) is 0 Å². The van der Waals surface area contributed by atoms with E-state index in [2.05, 4.69) is 5.14 Å². The van der Waals surface area contributed by atoms with Crippen molar-refractivity contribution in [2.45, 2.75) is 0 Å². The first-order chi connectivity index (χ1) is 3.71. The maximum Gasteiger partial charge on any atom is 1.00 e. The summed E-state index contributed by atoms with van der Waals surface area (Å²) in [5, 5.41) is 2.67. The second kappa shape index (κ2) is 4.00. The molecule has 0 aromatic carbocycles. The van der Waals surface area contributed by atoms with E-state index in [4.69, 9.17) is 0 Å². The molecule has 0 saturated carbocycles. The minimum Gasteiger partial charge on any atom is -0.747 e. The molecule has 9 heteroatoms. The van der Waals surface area contributed by atoms with Gasteiger partial charge < -0.3 is 4.55 Å². The SMILES string of the molecule is NS(=O)(=O)CS(=O)(=O)[O-].[Na+]. The molecular formula is CH4NNaO5S2. The van der Waals surface area contributed by atoms with Gasteiger partial charge in [-0.05, 0) is 0 Å². The van der Waals surface area contributed by atoms with E-state index in [1.807, 2.05) is 0 Å². The number of sulfonamides is 1. The van der Waals surface area contributed by atoms with Gasteiger partial charge in [-0.25, -0.2) is 22.0 Å². The predicted molar refractivity (Wildman–Crippen MR) is 27.7 cm³/mol. The Hall–Kier alpha value is 0.820. The van der Waals surface area contributed by atoms with Gasteiger partial charge in [0.15, 0.2) is 5.08 Å². The first-order valence-electron chi connectivity index (χ1n) is 1.65. The topological polar surface area (TPSA) is 117 Å². The molecular weight excluding hydrogens is 193 g/mol. The van der Waals surface area contributed by atoms with Gasteiger partial charge in [0.05, 0.1) is 0 Å². The third-order valence-electron chi connectivity index (χ3n) is 0.309. The van der Waals surface area contributed by atoms with Crippen LogP contribution in [0.15, 0.2) is 0 Å². The fourth-order valence-electron chi connectivity index (χ4n) is 0.201. The molecule has 0 aliphatic heterocycles. The third-order valence-corrected chi connectivity index (χ3v) is 2.78. The van der Waals surface area contributed by atoms with E-state index in [1.165, 1.54) is 0 Å². The van der Waals surface area contributed by atoms with Crippen LogP contribution in [-0.4, -0.2) is 26.5 Å². The Morgan fingerprint density at radius 3 is 1.50 bits per heavy atom. The summed E-state index contributed by atoms with van der Waals surface area (Å²) in [5.74, 6) is 0. The summed E-state index contributed by atoms with van der Waals surface area (Å²) < 4.78 is 48.6. The second-order valence-corrected chi connectivity index (χ2v) is 4.72. The molecule has 0 spiro atoms. The summed E-state index contributed by atoms with van der Waals surface area (Å²) in [5.41, 5.74) is 0. The van der Waals surface area contributed by atoms with Gasteiger partial charge in [0.2, 0.25) is 10.0 Å². The minimum absolute atomic E-state index is 0. The summed E-state index contributed by atoms with van der Waals surface area (Å²) in [6.07, 6.45) is 0. The van der Waals surface area contributed by atoms with E-state index in [9.17, 15) is 21.4 Å². The molecule has 0 unspecified atom stereocenters. The van der Waals surface area contributed by atoms with Crippen molar-refractivity contribution in [3.05, 3.63) is 0 Å². The smallest absolute Gasteiger partial charge is 0.747 e. The third kappa shape index (κ3) is 11.6. The van der Waals surface area contributed by atoms with Crippen LogP contribution in [0.25, 0.3) is 0 Å². The molecule has 0 bridgehead atoms. The van der Waals surface area contributed by atoms with E-state index < -0.39 is 25.2 Å². The van der Waals surface area contributed by atoms with Crippen LogP contribution in [0.3, 0.4) is 0 Å². The Kier molecular flexibility index (Phi) is 5.36. The zero-order valence-corrected chi connectivity index (χ0v) is 8.78. The number of rotatable bonds is 2. The van der Waals surface area contributed by atoms with Crippen molar-refractivity contribution in [2.24, 2.45) is 5.14 Å². The Labute approximate surface area is 80.9 Å². The van der Waals surface area contributed by atoms with Gasteiger partial charge in [0, 0.05) is 0 Å². The fourth-order valence-corrected chi connectivity index (χ4v) is 1.81.